The molecule has 0 atom stereocenters. The predicted molar refractivity (Wildman–Crippen MR) is 167 cm³/mol. The summed E-state index contributed by atoms with van der Waals surface area (Å²) in [6, 6.07) is 7.33. The average molecular weight is 611 g/mol. The van der Waals surface area contributed by atoms with Crippen molar-refractivity contribution in [2.45, 2.75) is 89.9 Å². The standard InChI is InChI=1S/C32H43FN4O5Si/c1-20-28(31(38)35-23-8-10-24(11-9-23)36-32(39)40)29-30(37(20)19-41-15-16-43(2,3)4)26(13-14-34-29)25-12-7-22(33)17-27(25)42-18-21-5-6-21/h7,12-14,17,21,23-24,36H,5-6,8-11,15-16,18-19H2,1-4H3,(H,35,38)(H,39,40)/t23-,24+. The summed E-state index contributed by atoms with van der Waals surface area (Å²) in [4.78, 5) is 29.6. The van der Waals surface area contributed by atoms with E-state index in [4.69, 9.17) is 14.6 Å². The van der Waals surface area contributed by atoms with E-state index in [-0.39, 0.29) is 30.5 Å². The van der Waals surface area contributed by atoms with E-state index in [1.807, 2.05) is 17.6 Å². The van der Waals surface area contributed by atoms with E-state index in [9.17, 15) is 14.0 Å². The molecule has 2 heterocycles. The van der Waals surface area contributed by atoms with Gasteiger partial charge in [0.25, 0.3) is 5.91 Å². The van der Waals surface area contributed by atoms with Crippen molar-refractivity contribution in [1.29, 1.82) is 0 Å². The van der Waals surface area contributed by atoms with Crippen LogP contribution < -0.4 is 15.4 Å². The second-order valence-electron chi connectivity index (χ2n) is 13.2. The molecule has 2 aliphatic rings. The normalized spacial score (nSPS) is 18.9. The topological polar surface area (TPSA) is 115 Å². The van der Waals surface area contributed by atoms with Gasteiger partial charge in [0.05, 0.1) is 17.7 Å². The molecule has 0 unspecified atom stereocenters. The SMILES string of the molecule is Cc1c(C(=O)N[C@H]2CC[C@@H](NC(=O)O)CC2)c2nccc(-c3ccc(F)cc3OCC3CC3)c2n1COCC[Si](C)(C)C. The van der Waals surface area contributed by atoms with Gasteiger partial charge in [0.1, 0.15) is 23.8 Å². The Hall–Kier alpha value is -3.44. The zero-order valence-electron chi connectivity index (χ0n) is 25.5. The molecule has 43 heavy (non-hydrogen) atoms. The number of carboxylic acid groups (broad SMARTS) is 1. The molecule has 3 N–H and O–H groups in total. The fourth-order valence-corrected chi connectivity index (χ4v) is 6.47. The van der Waals surface area contributed by atoms with Gasteiger partial charge in [-0.25, -0.2) is 9.18 Å². The minimum absolute atomic E-state index is 0.0622. The van der Waals surface area contributed by atoms with Crippen LogP contribution in [0, 0.1) is 18.7 Å². The van der Waals surface area contributed by atoms with Crippen molar-refractivity contribution in [2.75, 3.05) is 13.2 Å². The van der Waals surface area contributed by atoms with Crippen LogP contribution >= 0.6 is 0 Å². The summed E-state index contributed by atoms with van der Waals surface area (Å²) in [6.07, 6.45) is 5.61. The molecule has 0 aliphatic heterocycles. The van der Waals surface area contributed by atoms with Crippen LogP contribution in [0.3, 0.4) is 0 Å². The Morgan fingerprint density at radius 3 is 2.40 bits per heavy atom. The maximum atomic E-state index is 14.4. The summed E-state index contributed by atoms with van der Waals surface area (Å²) in [5.41, 5.74) is 4.07. The molecule has 2 amide bonds. The third kappa shape index (κ3) is 7.75. The van der Waals surface area contributed by atoms with Crippen molar-refractivity contribution in [3.63, 3.8) is 0 Å². The molecule has 0 saturated heterocycles. The third-order valence-corrected chi connectivity index (χ3v) is 10.1. The van der Waals surface area contributed by atoms with Crippen molar-refractivity contribution < 1.29 is 28.6 Å². The molecule has 2 saturated carbocycles. The van der Waals surface area contributed by atoms with Gasteiger partial charge in [-0.15, -0.1) is 0 Å². The lowest BCUT2D eigenvalue weighted by atomic mass is 9.91. The van der Waals surface area contributed by atoms with Gasteiger partial charge in [0, 0.05) is 55.8 Å². The van der Waals surface area contributed by atoms with E-state index >= 15 is 0 Å². The molecule has 0 bridgehead atoms. The number of fused-ring (bicyclic) bond motifs is 1. The van der Waals surface area contributed by atoms with Crippen molar-refractivity contribution in [2.24, 2.45) is 5.92 Å². The number of carbonyl (C=O) groups is 2. The van der Waals surface area contributed by atoms with Gasteiger partial charge in [-0.1, -0.05) is 19.6 Å². The second kappa shape index (κ2) is 13.0. The van der Waals surface area contributed by atoms with Crippen LogP contribution in [0.25, 0.3) is 22.2 Å². The Balaban J connectivity index is 1.49. The highest BCUT2D eigenvalue weighted by Crippen LogP contribution is 2.39. The van der Waals surface area contributed by atoms with Gasteiger partial charge in [-0.05, 0) is 75.6 Å². The highest BCUT2D eigenvalue weighted by Gasteiger charge is 2.29. The predicted octanol–water partition coefficient (Wildman–Crippen LogP) is 6.56. The third-order valence-electron chi connectivity index (χ3n) is 8.44. The number of ether oxygens (including phenoxy) is 2. The second-order valence-corrected chi connectivity index (χ2v) is 18.8. The zero-order chi connectivity index (χ0) is 30.7. The van der Waals surface area contributed by atoms with Gasteiger partial charge in [-0.2, -0.15) is 0 Å². The van der Waals surface area contributed by atoms with E-state index in [0.717, 1.165) is 41.2 Å². The maximum Gasteiger partial charge on any atom is 0.404 e. The Morgan fingerprint density at radius 1 is 1.05 bits per heavy atom. The van der Waals surface area contributed by atoms with Gasteiger partial charge in [0.2, 0.25) is 0 Å². The molecule has 2 fully saturated rings. The summed E-state index contributed by atoms with van der Waals surface area (Å²) >= 11 is 0. The summed E-state index contributed by atoms with van der Waals surface area (Å²) in [7, 11) is -1.30. The molecular weight excluding hydrogens is 567 g/mol. The number of pyridine rings is 1. The Kier molecular flexibility index (Phi) is 9.41. The maximum absolute atomic E-state index is 14.4. The van der Waals surface area contributed by atoms with Gasteiger partial charge in [0.15, 0.2) is 0 Å². The number of rotatable bonds is 12. The number of hydrogen-bond acceptors (Lipinski definition) is 5. The molecule has 9 nitrogen and oxygen atoms in total. The van der Waals surface area contributed by atoms with Crippen LogP contribution in [0.2, 0.25) is 25.7 Å². The van der Waals surface area contributed by atoms with Crippen molar-refractivity contribution in [3.8, 4) is 16.9 Å². The summed E-state index contributed by atoms with van der Waals surface area (Å²) in [5, 5.41) is 14.8. The molecule has 1 aromatic carbocycles. The first kappa shape index (κ1) is 31.0. The monoisotopic (exact) mass is 610 g/mol. The fourth-order valence-electron chi connectivity index (χ4n) is 5.71. The molecular formula is C32H43FN4O5Si. The number of amides is 2. The van der Waals surface area contributed by atoms with Crippen LogP contribution in [0.5, 0.6) is 5.75 Å². The summed E-state index contributed by atoms with van der Waals surface area (Å²) in [5.74, 6) is 0.397. The highest BCUT2D eigenvalue weighted by atomic mass is 28.3. The smallest absolute Gasteiger partial charge is 0.404 e. The Morgan fingerprint density at radius 2 is 1.74 bits per heavy atom. The van der Waals surface area contributed by atoms with E-state index in [1.54, 1.807) is 12.3 Å². The van der Waals surface area contributed by atoms with Gasteiger partial charge < -0.3 is 29.8 Å². The fraction of sp³-hybridized carbons (Fsp3) is 0.531. The highest BCUT2D eigenvalue weighted by molar-refractivity contribution is 6.76. The first-order valence-corrected chi connectivity index (χ1v) is 19.0. The molecule has 0 spiro atoms. The minimum atomic E-state index is -1.30. The lowest BCUT2D eigenvalue weighted by Crippen LogP contribution is -2.43. The van der Waals surface area contributed by atoms with E-state index in [1.165, 1.54) is 12.1 Å². The van der Waals surface area contributed by atoms with Crippen molar-refractivity contribution in [3.05, 3.63) is 47.5 Å². The van der Waals surface area contributed by atoms with E-state index in [2.05, 4.69) is 35.3 Å². The van der Waals surface area contributed by atoms with E-state index < -0.39 is 14.2 Å². The number of halogens is 1. The van der Waals surface area contributed by atoms with Gasteiger partial charge >= 0.3 is 6.09 Å². The number of carbonyl (C=O) groups excluding carboxylic acids is 1. The van der Waals surface area contributed by atoms with Crippen LogP contribution in [-0.4, -0.2) is 60.0 Å². The van der Waals surface area contributed by atoms with Crippen LogP contribution in [0.1, 0.15) is 54.6 Å². The molecule has 3 aromatic rings. The van der Waals surface area contributed by atoms with Crippen LogP contribution in [0.15, 0.2) is 30.5 Å². The van der Waals surface area contributed by atoms with E-state index in [0.29, 0.717) is 61.6 Å². The Labute approximate surface area is 253 Å². The molecule has 2 aromatic heterocycles. The molecule has 232 valence electrons. The number of aromatic nitrogens is 2. The minimum Gasteiger partial charge on any atom is -0.493 e. The zero-order valence-corrected chi connectivity index (χ0v) is 26.5. The van der Waals surface area contributed by atoms with Crippen molar-refractivity contribution >= 4 is 31.1 Å². The van der Waals surface area contributed by atoms with Crippen LogP contribution in [-0.2, 0) is 11.5 Å². The van der Waals surface area contributed by atoms with Crippen molar-refractivity contribution in [1.82, 2.24) is 20.2 Å². The molecule has 2 aliphatic carbocycles. The lowest BCUT2D eigenvalue weighted by Gasteiger charge is -2.28. The largest absolute Gasteiger partial charge is 0.493 e. The number of nitrogens with zero attached hydrogens (tertiary/aromatic N) is 2. The quantitative estimate of drug-likeness (QED) is 0.158. The molecule has 5 rings (SSSR count). The number of hydrogen-bond donors (Lipinski definition) is 3. The lowest BCUT2D eigenvalue weighted by molar-refractivity contribution is 0.0878. The summed E-state index contributed by atoms with van der Waals surface area (Å²) in [6.45, 7) is 10.2. The van der Waals surface area contributed by atoms with Gasteiger partial charge in [-0.3, -0.25) is 9.78 Å². The average Bonchev–Trinajstić information content (AvgIpc) is 3.72. The Bertz CT molecular complexity index is 1470. The first-order valence-electron chi connectivity index (χ1n) is 15.3. The molecule has 0 radical (unpaired) electrons. The van der Waals surface area contributed by atoms with Crippen LogP contribution in [0.4, 0.5) is 9.18 Å². The number of nitrogens with one attached hydrogen (secondary N) is 2. The number of benzene rings is 1. The first-order chi connectivity index (χ1) is 20.5. The molecule has 11 heteroatoms. The summed E-state index contributed by atoms with van der Waals surface area (Å²) < 4.78 is 28.7.